The molecule has 2 aromatic carbocycles. The van der Waals surface area contributed by atoms with E-state index in [2.05, 4.69) is 5.32 Å². The van der Waals surface area contributed by atoms with Crippen molar-refractivity contribution in [1.82, 2.24) is 10.2 Å². The van der Waals surface area contributed by atoms with Crippen molar-refractivity contribution in [2.75, 3.05) is 11.4 Å². The maximum atomic E-state index is 13.4. The smallest absolute Gasteiger partial charge is 0.325 e. The average Bonchev–Trinajstić information content (AvgIpc) is 3.36. The minimum Gasteiger partial charge on any atom is -0.466 e. The summed E-state index contributed by atoms with van der Waals surface area (Å²) in [6.07, 6.45) is 1.44. The van der Waals surface area contributed by atoms with Gasteiger partial charge in [-0.3, -0.25) is 19.4 Å². The van der Waals surface area contributed by atoms with Gasteiger partial charge in [-0.25, -0.2) is 4.79 Å². The Kier molecular flexibility index (Phi) is 4.18. The number of rotatable bonds is 3. The minimum atomic E-state index is -1.34. The van der Waals surface area contributed by atoms with Crippen LogP contribution >= 0.6 is 11.8 Å². The Bertz CT molecular complexity index is 1130. The van der Waals surface area contributed by atoms with Gasteiger partial charge in [0.2, 0.25) is 0 Å². The Morgan fingerprint density at radius 3 is 2.23 bits per heavy atom. The van der Waals surface area contributed by atoms with Gasteiger partial charge >= 0.3 is 6.03 Å². The molecule has 30 heavy (non-hydrogen) atoms. The Morgan fingerprint density at radius 2 is 1.63 bits per heavy atom. The molecule has 4 amide bonds. The SMILES string of the molecule is CC1(c2ccco2)NC(=O)N(CC(=O)N2c3ccccc3Sc3ccccc32)C1=O. The number of furan rings is 1. The summed E-state index contributed by atoms with van der Waals surface area (Å²) >= 11 is 1.58. The van der Waals surface area contributed by atoms with Crippen LogP contribution in [0.1, 0.15) is 12.7 Å². The standard InChI is InChI=1S/C22H17N3O4S/c1-22(18-11-6-12-29-18)20(27)24(21(28)23-22)13-19(26)25-14-7-2-4-9-16(14)30-17-10-5-3-8-15(17)25/h2-12H,13H2,1H3,(H,23,28). The van der Waals surface area contributed by atoms with Gasteiger partial charge in [-0.2, -0.15) is 0 Å². The molecule has 0 radical (unpaired) electrons. The van der Waals surface area contributed by atoms with Gasteiger partial charge in [0, 0.05) is 9.79 Å². The molecule has 3 heterocycles. The molecule has 3 aromatic rings. The van der Waals surface area contributed by atoms with E-state index in [1.54, 1.807) is 35.7 Å². The Labute approximate surface area is 176 Å². The molecule has 7 nitrogen and oxygen atoms in total. The van der Waals surface area contributed by atoms with Gasteiger partial charge in [0.05, 0.1) is 17.6 Å². The first-order valence-electron chi connectivity index (χ1n) is 9.36. The van der Waals surface area contributed by atoms with Crippen molar-refractivity contribution in [1.29, 1.82) is 0 Å². The fourth-order valence-electron chi connectivity index (χ4n) is 3.75. The average molecular weight is 419 g/mol. The van der Waals surface area contributed by atoms with Crippen molar-refractivity contribution in [2.24, 2.45) is 0 Å². The molecule has 1 unspecified atom stereocenters. The Hall–Kier alpha value is -3.52. The maximum absolute atomic E-state index is 13.4. The summed E-state index contributed by atoms with van der Waals surface area (Å²) in [5, 5.41) is 2.65. The zero-order chi connectivity index (χ0) is 20.9. The summed E-state index contributed by atoms with van der Waals surface area (Å²) in [7, 11) is 0. The first-order chi connectivity index (χ1) is 14.5. The van der Waals surface area contributed by atoms with Crippen molar-refractivity contribution in [3.63, 3.8) is 0 Å². The third-order valence-electron chi connectivity index (χ3n) is 5.26. The van der Waals surface area contributed by atoms with Gasteiger partial charge in [-0.1, -0.05) is 36.0 Å². The number of nitrogens with one attached hydrogen (secondary N) is 1. The number of benzene rings is 2. The molecule has 0 bridgehead atoms. The summed E-state index contributed by atoms with van der Waals surface area (Å²) in [6, 6.07) is 17.8. The number of hydrogen-bond acceptors (Lipinski definition) is 5. The van der Waals surface area contributed by atoms with E-state index in [9.17, 15) is 14.4 Å². The van der Waals surface area contributed by atoms with Crippen molar-refractivity contribution >= 4 is 41.0 Å². The second kappa shape index (κ2) is 6.77. The molecular weight excluding hydrogens is 402 g/mol. The predicted molar refractivity (Wildman–Crippen MR) is 110 cm³/mol. The molecule has 1 aromatic heterocycles. The van der Waals surface area contributed by atoms with Crippen LogP contribution in [-0.4, -0.2) is 29.3 Å². The van der Waals surface area contributed by atoms with Crippen LogP contribution in [-0.2, 0) is 15.1 Å². The molecule has 1 fully saturated rings. The number of fused-ring (bicyclic) bond motifs is 2. The number of amides is 4. The second-order valence-electron chi connectivity index (χ2n) is 7.19. The molecular formula is C22H17N3O4S. The quantitative estimate of drug-likeness (QED) is 0.652. The number of carbonyl (C=O) groups excluding carboxylic acids is 3. The van der Waals surface area contributed by atoms with Crippen LogP contribution in [0, 0.1) is 0 Å². The van der Waals surface area contributed by atoms with E-state index in [0.717, 1.165) is 26.1 Å². The Balaban J connectivity index is 1.48. The number of hydrogen-bond donors (Lipinski definition) is 1. The predicted octanol–water partition coefficient (Wildman–Crippen LogP) is 3.88. The van der Waals surface area contributed by atoms with Crippen LogP contribution in [0.15, 0.2) is 81.1 Å². The number of imide groups is 1. The highest BCUT2D eigenvalue weighted by Crippen LogP contribution is 2.48. The van der Waals surface area contributed by atoms with Crippen LogP contribution < -0.4 is 10.2 Å². The molecule has 0 spiro atoms. The van der Waals surface area contributed by atoms with Gasteiger partial charge < -0.3 is 9.73 Å². The van der Waals surface area contributed by atoms with Crippen LogP contribution in [0.4, 0.5) is 16.2 Å². The normalized spacial score (nSPS) is 20.0. The molecule has 1 atom stereocenters. The molecule has 0 aliphatic carbocycles. The number of urea groups is 1. The second-order valence-corrected chi connectivity index (χ2v) is 8.27. The molecule has 5 rings (SSSR count). The monoisotopic (exact) mass is 419 g/mol. The van der Waals surface area contributed by atoms with E-state index in [1.165, 1.54) is 6.26 Å². The third-order valence-corrected chi connectivity index (χ3v) is 6.39. The number of nitrogens with zero attached hydrogens (tertiary/aromatic N) is 2. The molecule has 0 saturated carbocycles. The molecule has 2 aliphatic heterocycles. The molecule has 150 valence electrons. The number of carbonyl (C=O) groups is 3. The largest absolute Gasteiger partial charge is 0.466 e. The van der Waals surface area contributed by atoms with Crippen molar-refractivity contribution in [3.05, 3.63) is 72.7 Å². The molecule has 8 heteroatoms. The van der Waals surface area contributed by atoms with E-state index in [1.807, 2.05) is 48.5 Å². The van der Waals surface area contributed by atoms with Gasteiger partial charge in [-0.05, 0) is 43.3 Å². The van der Waals surface area contributed by atoms with E-state index in [0.29, 0.717) is 5.76 Å². The summed E-state index contributed by atoms with van der Waals surface area (Å²) in [5.41, 5.74) is 0.119. The van der Waals surface area contributed by atoms with E-state index >= 15 is 0 Å². The number of para-hydroxylation sites is 2. The summed E-state index contributed by atoms with van der Waals surface area (Å²) in [6.45, 7) is 1.19. The lowest BCUT2D eigenvalue weighted by molar-refractivity contribution is -0.134. The van der Waals surface area contributed by atoms with Crippen molar-refractivity contribution in [3.8, 4) is 0 Å². The first kappa shape index (κ1) is 18.5. The fraction of sp³-hybridized carbons (Fsp3) is 0.136. The summed E-state index contributed by atoms with van der Waals surface area (Å²) in [5.74, 6) is -0.577. The van der Waals surface area contributed by atoms with Crippen LogP contribution in [0.3, 0.4) is 0 Å². The van der Waals surface area contributed by atoms with Gasteiger partial charge in [0.15, 0.2) is 5.54 Å². The molecule has 1 saturated heterocycles. The van der Waals surface area contributed by atoms with Gasteiger partial charge in [0.1, 0.15) is 12.3 Å². The first-order valence-corrected chi connectivity index (χ1v) is 10.2. The zero-order valence-electron chi connectivity index (χ0n) is 16.0. The topological polar surface area (TPSA) is 82.9 Å². The van der Waals surface area contributed by atoms with Crippen LogP contribution in [0.5, 0.6) is 0 Å². The summed E-state index contributed by atoms with van der Waals surface area (Å²) in [4.78, 5) is 43.4. The minimum absolute atomic E-state index is 0.320. The zero-order valence-corrected chi connectivity index (χ0v) is 16.8. The number of anilines is 2. The molecule has 2 aliphatic rings. The molecule has 1 N–H and O–H groups in total. The van der Waals surface area contributed by atoms with Gasteiger partial charge in [-0.15, -0.1) is 0 Å². The lowest BCUT2D eigenvalue weighted by Gasteiger charge is -2.31. The Morgan fingerprint density at radius 1 is 1.00 bits per heavy atom. The lowest BCUT2D eigenvalue weighted by atomic mass is 9.99. The van der Waals surface area contributed by atoms with Crippen LogP contribution in [0.25, 0.3) is 0 Å². The van der Waals surface area contributed by atoms with Crippen LogP contribution in [0.2, 0.25) is 0 Å². The summed E-state index contributed by atoms with van der Waals surface area (Å²) < 4.78 is 5.34. The van der Waals surface area contributed by atoms with E-state index in [4.69, 9.17) is 4.42 Å². The fourth-order valence-corrected chi connectivity index (χ4v) is 4.81. The highest BCUT2D eigenvalue weighted by Gasteiger charge is 2.51. The van der Waals surface area contributed by atoms with Crippen molar-refractivity contribution in [2.45, 2.75) is 22.3 Å². The third kappa shape index (κ3) is 2.72. The van der Waals surface area contributed by atoms with Gasteiger partial charge in [0.25, 0.3) is 11.8 Å². The highest BCUT2D eigenvalue weighted by molar-refractivity contribution is 7.99. The van der Waals surface area contributed by atoms with E-state index < -0.39 is 17.5 Å². The maximum Gasteiger partial charge on any atom is 0.325 e. The lowest BCUT2D eigenvalue weighted by Crippen LogP contribution is -2.43. The van der Waals surface area contributed by atoms with E-state index in [-0.39, 0.29) is 12.5 Å². The van der Waals surface area contributed by atoms with Crippen molar-refractivity contribution < 1.29 is 18.8 Å². The highest BCUT2D eigenvalue weighted by atomic mass is 32.2.